The van der Waals surface area contributed by atoms with Crippen LogP contribution >= 0.6 is 0 Å². The summed E-state index contributed by atoms with van der Waals surface area (Å²) in [5.74, 6) is -1.01. The first-order chi connectivity index (χ1) is 7.22. The summed E-state index contributed by atoms with van der Waals surface area (Å²) >= 11 is 0. The smallest absolute Gasteiger partial charge is 0.339 e. The number of carbonyl (C=O) groups is 1. The van der Waals surface area contributed by atoms with E-state index < -0.39 is 5.97 Å². The van der Waals surface area contributed by atoms with E-state index in [1.165, 1.54) is 6.07 Å². The van der Waals surface area contributed by atoms with Crippen LogP contribution in [-0.2, 0) is 0 Å². The first-order valence-corrected chi connectivity index (χ1v) is 4.59. The van der Waals surface area contributed by atoms with E-state index in [0.29, 0.717) is 23.7 Å². The van der Waals surface area contributed by atoms with Crippen LogP contribution in [0.15, 0.2) is 22.6 Å². The quantitative estimate of drug-likeness (QED) is 0.802. The number of aromatic carboxylic acids is 1. The predicted molar refractivity (Wildman–Crippen MR) is 55.1 cm³/mol. The molecule has 0 aliphatic carbocycles. The molecule has 0 saturated carbocycles. The molecule has 2 aromatic rings. The van der Waals surface area contributed by atoms with Gasteiger partial charge >= 0.3 is 5.97 Å². The molecule has 0 radical (unpaired) electrons. The maximum atomic E-state index is 10.9. The molecule has 0 bridgehead atoms. The zero-order chi connectivity index (χ0) is 10.8. The van der Waals surface area contributed by atoms with Crippen molar-refractivity contribution in [2.24, 2.45) is 0 Å². The Morgan fingerprint density at radius 1 is 1.60 bits per heavy atom. The summed E-state index contributed by atoms with van der Waals surface area (Å²) < 4.78 is 5.30. The Hall–Kier alpha value is -2.04. The van der Waals surface area contributed by atoms with Crippen LogP contribution in [0.2, 0.25) is 0 Å². The molecule has 0 atom stereocenters. The van der Waals surface area contributed by atoms with Gasteiger partial charge in [0.1, 0.15) is 11.1 Å². The van der Waals surface area contributed by atoms with E-state index in [1.807, 2.05) is 6.92 Å². The molecule has 0 amide bonds. The zero-order valence-corrected chi connectivity index (χ0v) is 8.15. The van der Waals surface area contributed by atoms with Gasteiger partial charge in [-0.25, -0.2) is 4.79 Å². The minimum absolute atomic E-state index is 0.129. The lowest BCUT2D eigenvalue weighted by molar-refractivity contribution is 0.0698. The van der Waals surface area contributed by atoms with E-state index in [1.54, 1.807) is 12.1 Å². The van der Waals surface area contributed by atoms with E-state index in [2.05, 4.69) is 10.3 Å². The average Bonchev–Trinajstić information content (AvgIpc) is 2.59. The van der Waals surface area contributed by atoms with Crippen molar-refractivity contribution in [3.05, 3.63) is 23.8 Å². The third-order valence-electron chi connectivity index (χ3n) is 1.97. The highest BCUT2D eigenvalue weighted by Gasteiger charge is 2.13. The van der Waals surface area contributed by atoms with E-state index in [4.69, 9.17) is 9.52 Å². The predicted octanol–water partition coefficient (Wildman–Crippen LogP) is 1.96. The molecule has 1 aromatic carbocycles. The Morgan fingerprint density at radius 3 is 3.07 bits per heavy atom. The lowest BCUT2D eigenvalue weighted by atomic mass is 10.2. The van der Waals surface area contributed by atoms with Gasteiger partial charge in [0.15, 0.2) is 5.58 Å². The molecular weight excluding hydrogens is 196 g/mol. The lowest BCUT2D eigenvalue weighted by Gasteiger charge is -1.93. The van der Waals surface area contributed by atoms with Gasteiger partial charge < -0.3 is 14.8 Å². The van der Waals surface area contributed by atoms with Crippen molar-refractivity contribution in [1.82, 2.24) is 4.98 Å². The Balaban J connectivity index is 2.59. The fourth-order valence-electron chi connectivity index (χ4n) is 1.34. The molecule has 15 heavy (non-hydrogen) atoms. The molecule has 0 fully saturated rings. The second kappa shape index (κ2) is 3.61. The van der Waals surface area contributed by atoms with Crippen LogP contribution in [0.3, 0.4) is 0 Å². The highest BCUT2D eigenvalue weighted by molar-refractivity contribution is 6.00. The summed E-state index contributed by atoms with van der Waals surface area (Å²) in [7, 11) is 0. The van der Waals surface area contributed by atoms with E-state index in [0.717, 1.165) is 0 Å². The van der Waals surface area contributed by atoms with Crippen molar-refractivity contribution in [1.29, 1.82) is 0 Å². The number of benzene rings is 1. The van der Waals surface area contributed by atoms with Crippen molar-refractivity contribution >= 4 is 23.1 Å². The van der Waals surface area contributed by atoms with Crippen LogP contribution in [0.1, 0.15) is 17.3 Å². The Bertz CT molecular complexity index is 504. The van der Waals surface area contributed by atoms with Gasteiger partial charge in [-0.1, -0.05) is 6.07 Å². The fourth-order valence-corrected chi connectivity index (χ4v) is 1.34. The maximum Gasteiger partial charge on any atom is 0.339 e. The molecule has 0 unspecified atom stereocenters. The molecule has 78 valence electrons. The van der Waals surface area contributed by atoms with Gasteiger partial charge in [0.2, 0.25) is 0 Å². The summed E-state index contributed by atoms with van der Waals surface area (Å²) in [5.41, 5.74) is 0.982. The SMILES string of the molecule is CCNc1nc2cccc(C(=O)O)c2o1. The molecule has 0 aliphatic heterocycles. The molecule has 1 aromatic heterocycles. The van der Waals surface area contributed by atoms with Crippen molar-refractivity contribution in [3.8, 4) is 0 Å². The average molecular weight is 206 g/mol. The van der Waals surface area contributed by atoms with Crippen molar-refractivity contribution < 1.29 is 14.3 Å². The van der Waals surface area contributed by atoms with Crippen LogP contribution in [-0.4, -0.2) is 22.6 Å². The number of nitrogens with one attached hydrogen (secondary N) is 1. The van der Waals surface area contributed by atoms with Crippen LogP contribution in [0.25, 0.3) is 11.1 Å². The monoisotopic (exact) mass is 206 g/mol. The number of rotatable bonds is 3. The summed E-state index contributed by atoms with van der Waals surface area (Å²) in [6, 6.07) is 5.20. The van der Waals surface area contributed by atoms with Crippen LogP contribution in [0.4, 0.5) is 6.01 Å². The molecule has 5 heteroatoms. The van der Waals surface area contributed by atoms with Crippen molar-refractivity contribution in [3.63, 3.8) is 0 Å². The number of para-hydroxylation sites is 1. The van der Waals surface area contributed by atoms with Gasteiger partial charge in [-0.15, -0.1) is 0 Å². The van der Waals surface area contributed by atoms with Gasteiger partial charge in [0.25, 0.3) is 6.01 Å². The van der Waals surface area contributed by atoms with Crippen LogP contribution < -0.4 is 5.32 Å². The van der Waals surface area contributed by atoms with Gasteiger partial charge in [-0.2, -0.15) is 4.98 Å². The normalized spacial score (nSPS) is 10.5. The van der Waals surface area contributed by atoms with E-state index in [9.17, 15) is 4.79 Å². The Morgan fingerprint density at radius 2 is 2.40 bits per heavy atom. The number of fused-ring (bicyclic) bond motifs is 1. The van der Waals surface area contributed by atoms with Crippen molar-refractivity contribution in [2.75, 3.05) is 11.9 Å². The number of carboxylic acid groups (broad SMARTS) is 1. The summed E-state index contributed by atoms with van der Waals surface area (Å²) in [6.07, 6.45) is 0. The number of aromatic nitrogens is 1. The molecular formula is C10H10N2O3. The van der Waals surface area contributed by atoms with Gasteiger partial charge in [-0.05, 0) is 19.1 Å². The minimum atomic E-state index is -1.01. The van der Waals surface area contributed by atoms with E-state index in [-0.39, 0.29) is 5.56 Å². The molecule has 0 aliphatic rings. The molecule has 5 nitrogen and oxygen atoms in total. The number of hydrogen-bond donors (Lipinski definition) is 2. The Kier molecular flexibility index (Phi) is 2.29. The largest absolute Gasteiger partial charge is 0.478 e. The number of carboxylic acids is 1. The first kappa shape index (κ1) is 9.51. The third-order valence-corrected chi connectivity index (χ3v) is 1.97. The second-order valence-corrected chi connectivity index (χ2v) is 3.01. The van der Waals surface area contributed by atoms with Gasteiger partial charge in [0.05, 0.1) is 0 Å². The maximum absolute atomic E-state index is 10.9. The minimum Gasteiger partial charge on any atom is -0.478 e. The molecule has 1 heterocycles. The standard InChI is InChI=1S/C10H10N2O3/c1-2-11-10-12-7-5-3-4-6(9(13)14)8(7)15-10/h3-5H,2H2,1H3,(H,11,12)(H,13,14). The van der Waals surface area contributed by atoms with Gasteiger partial charge in [0, 0.05) is 6.54 Å². The number of hydrogen-bond acceptors (Lipinski definition) is 4. The first-order valence-electron chi connectivity index (χ1n) is 4.59. The molecule has 0 spiro atoms. The number of anilines is 1. The lowest BCUT2D eigenvalue weighted by Crippen LogP contribution is -1.96. The summed E-state index contributed by atoms with van der Waals surface area (Å²) in [6.45, 7) is 2.59. The van der Waals surface area contributed by atoms with Gasteiger partial charge in [-0.3, -0.25) is 0 Å². The zero-order valence-electron chi connectivity index (χ0n) is 8.15. The van der Waals surface area contributed by atoms with Crippen LogP contribution in [0, 0.1) is 0 Å². The third kappa shape index (κ3) is 1.63. The number of oxazole rings is 1. The summed E-state index contributed by atoms with van der Waals surface area (Å²) in [4.78, 5) is 15.0. The second-order valence-electron chi connectivity index (χ2n) is 3.01. The topological polar surface area (TPSA) is 75.4 Å². The molecule has 2 N–H and O–H groups in total. The number of nitrogens with zero attached hydrogens (tertiary/aromatic N) is 1. The fraction of sp³-hybridized carbons (Fsp3) is 0.200. The van der Waals surface area contributed by atoms with Crippen LogP contribution in [0.5, 0.6) is 0 Å². The van der Waals surface area contributed by atoms with E-state index >= 15 is 0 Å². The Labute approximate surface area is 85.7 Å². The van der Waals surface area contributed by atoms with Crippen molar-refractivity contribution in [2.45, 2.75) is 6.92 Å². The molecule has 2 rings (SSSR count). The highest BCUT2D eigenvalue weighted by Crippen LogP contribution is 2.22. The highest BCUT2D eigenvalue weighted by atomic mass is 16.4. The molecule has 0 saturated heterocycles. The summed E-state index contributed by atoms with van der Waals surface area (Å²) in [5, 5.41) is 11.8.